The van der Waals surface area contributed by atoms with Crippen LogP contribution in [-0.2, 0) is 4.79 Å². The van der Waals surface area contributed by atoms with E-state index in [1.165, 1.54) is 10.6 Å². The number of hydrogen-bond donors (Lipinski definition) is 1. The van der Waals surface area contributed by atoms with Crippen LogP contribution in [0, 0.1) is 17.8 Å². The number of carboxylic acids is 1. The standard InChI is InChI=1S/C8H16O2.2C4H9.Al/c1-3-5-6-7(4-2)8(9)10;2*1-4(2)3;/h7H,3-6H2,1-2H3,(H,9,10);2*4H,1H2,2-3H3;. The van der Waals surface area contributed by atoms with Crippen LogP contribution < -0.4 is 0 Å². The maximum atomic E-state index is 10.4. The Morgan fingerprint density at radius 2 is 1.53 bits per heavy atom. The Morgan fingerprint density at radius 3 is 1.79 bits per heavy atom. The molecule has 1 atom stereocenters. The second kappa shape index (κ2) is 14.4. The summed E-state index contributed by atoms with van der Waals surface area (Å²) < 4.78 is 0. The lowest BCUT2D eigenvalue weighted by Crippen LogP contribution is -2.11. The Bertz CT molecular complexity index is 195. The van der Waals surface area contributed by atoms with Crippen LogP contribution >= 0.6 is 0 Å². The first-order valence-corrected chi connectivity index (χ1v) is 9.52. The number of aliphatic carboxylic acids is 1. The lowest BCUT2D eigenvalue weighted by molar-refractivity contribution is -0.142. The van der Waals surface area contributed by atoms with Gasteiger partial charge in [-0.05, 0) is 12.8 Å². The number of rotatable bonds is 9. The molecule has 0 amide bonds. The van der Waals surface area contributed by atoms with Crippen molar-refractivity contribution < 1.29 is 9.90 Å². The highest BCUT2D eigenvalue weighted by Crippen LogP contribution is 2.11. The van der Waals surface area contributed by atoms with Crippen LogP contribution in [0.15, 0.2) is 0 Å². The molecule has 0 aliphatic carbocycles. The predicted octanol–water partition coefficient (Wildman–Crippen LogP) is 5.13. The average molecular weight is 285 g/mol. The monoisotopic (exact) mass is 285 g/mol. The molecule has 0 spiro atoms. The zero-order valence-electron chi connectivity index (χ0n) is 13.9. The van der Waals surface area contributed by atoms with Gasteiger partial charge < -0.3 is 5.11 Å². The Hall–Kier alpha value is 0.00247. The molecule has 0 aliphatic heterocycles. The van der Waals surface area contributed by atoms with E-state index in [4.69, 9.17) is 5.11 Å². The van der Waals surface area contributed by atoms with Gasteiger partial charge in [0, 0.05) is 0 Å². The van der Waals surface area contributed by atoms with Gasteiger partial charge >= 0.3 is 5.97 Å². The molecule has 0 saturated heterocycles. The van der Waals surface area contributed by atoms with E-state index in [2.05, 4.69) is 34.6 Å². The third-order valence-electron chi connectivity index (χ3n) is 3.02. The highest BCUT2D eigenvalue weighted by atomic mass is 27.1. The molecule has 1 unspecified atom stereocenters. The smallest absolute Gasteiger partial charge is 0.306 e. The summed E-state index contributed by atoms with van der Waals surface area (Å²) >= 11 is 0.755. The molecule has 1 N–H and O–H groups in total. The normalized spacial score (nSPS) is 12.0. The van der Waals surface area contributed by atoms with E-state index in [-0.39, 0.29) is 5.92 Å². The van der Waals surface area contributed by atoms with Crippen LogP contribution in [-0.4, -0.2) is 26.3 Å². The first kappa shape index (κ1) is 21.3. The summed E-state index contributed by atoms with van der Waals surface area (Å²) in [4.78, 5) is 10.4. The molecule has 3 heteroatoms. The van der Waals surface area contributed by atoms with Crippen LogP contribution in [0.4, 0.5) is 0 Å². The van der Waals surface area contributed by atoms with Gasteiger partial charge in [0.15, 0.2) is 0 Å². The first-order chi connectivity index (χ1) is 8.84. The molecule has 0 aromatic rings. The molecule has 113 valence electrons. The predicted molar refractivity (Wildman–Crippen MR) is 86.0 cm³/mol. The number of hydrogen-bond acceptors (Lipinski definition) is 1. The molecule has 0 aromatic heterocycles. The van der Waals surface area contributed by atoms with Gasteiger partial charge in [-0.2, -0.15) is 0 Å². The van der Waals surface area contributed by atoms with Crippen molar-refractivity contribution in [3.05, 3.63) is 0 Å². The fraction of sp³-hybridized carbons (Fsp3) is 0.938. The topological polar surface area (TPSA) is 37.3 Å². The van der Waals surface area contributed by atoms with Crippen molar-refractivity contribution in [2.45, 2.75) is 77.8 Å². The van der Waals surface area contributed by atoms with Gasteiger partial charge in [0.2, 0.25) is 15.2 Å². The van der Waals surface area contributed by atoms with Crippen molar-refractivity contribution in [2.75, 3.05) is 0 Å². The molecule has 0 aliphatic rings. The minimum absolute atomic E-state index is 0.111. The molecule has 0 heterocycles. The van der Waals surface area contributed by atoms with Gasteiger partial charge in [-0.1, -0.05) is 66.2 Å². The average Bonchev–Trinajstić information content (AvgIpc) is 2.29. The second-order valence-electron chi connectivity index (χ2n) is 6.13. The van der Waals surface area contributed by atoms with Crippen LogP contribution in [0.1, 0.15) is 67.2 Å². The van der Waals surface area contributed by atoms with Crippen molar-refractivity contribution in [3.63, 3.8) is 0 Å². The second-order valence-corrected chi connectivity index (χ2v) is 7.65. The molecular weight excluding hydrogens is 251 g/mol. The molecule has 2 nitrogen and oxygen atoms in total. The minimum atomic E-state index is -0.643. The quantitative estimate of drug-likeness (QED) is 0.596. The third-order valence-corrected chi connectivity index (χ3v) is 5.58. The van der Waals surface area contributed by atoms with Crippen LogP contribution in [0.25, 0.3) is 0 Å². The molecular formula is C16H34AlO2. The molecule has 0 aromatic carbocycles. The molecule has 19 heavy (non-hydrogen) atoms. The molecule has 0 fully saturated rings. The molecule has 0 rings (SSSR count). The van der Waals surface area contributed by atoms with E-state index in [1.54, 1.807) is 0 Å². The van der Waals surface area contributed by atoms with Gasteiger partial charge in [0.1, 0.15) is 0 Å². The molecule has 0 saturated carbocycles. The Kier molecular flexibility index (Phi) is 16.2. The zero-order valence-corrected chi connectivity index (χ0v) is 15.1. The van der Waals surface area contributed by atoms with Crippen LogP contribution in [0.2, 0.25) is 10.6 Å². The summed E-state index contributed by atoms with van der Waals surface area (Å²) in [6, 6.07) is 0. The Labute approximate surface area is 127 Å². The van der Waals surface area contributed by atoms with Crippen molar-refractivity contribution in [1.82, 2.24) is 0 Å². The van der Waals surface area contributed by atoms with E-state index in [0.717, 1.165) is 52.7 Å². The summed E-state index contributed by atoms with van der Waals surface area (Å²) in [5, 5.41) is 11.6. The fourth-order valence-corrected chi connectivity index (χ4v) is 3.24. The van der Waals surface area contributed by atoms with E-state index < -0.39 is 5.97 Å². The lowest BCUT2D eigenvalue weighted by Gasteiger charge is -2.06. The highest BCUT2D eigenvalue weighted by molar-refractivity contribution is 6.35. The van der Waals surface area contributed by atoms with Crippen LogP contribution in [0.3, 0.4) is 0 Å². The molecule has 1 radical (unpaired) electrons. The Balaban J connectivity index is 0. The highest BCUT2D eigenvalue weighted by Gasteiger charge is 2.12. The van der Waals surface area contributed by atoms with Gasteiger partial charge in [0.05, 0.1) is 5.92 Å². The van der Waals surface area contributed by atoms with Crippen LogP contribution in [0.5, 0.6) is 0 Å². The van der Waals surface area contributed by atoms with E-state index in [0.29, 0.717) is 0 Å². The van der Waals surface area contributed by atoms with Gasteiger partial charge in [-0.3, -0.25) is 4.79 Å². The summed E-state index contributed by atoms with van der Waals surface area (Å²) in [5.41, 5.74) is 0. The number of carbonyl (C=O) groups is 1. The van der Waals surface area contributed by atoms with Gasteiger partial charge in [-0.15, -0.1) is 10.6 Å². The van der Waals surface area contributed by atoms with E-state index in [1.807, 2.05) is 6.92 Å². The summed E-state index contributed by atoms with van der Waals surface area (Å²) in [6.45, 7) is 13.3. The van der Waals surface area contributed by atoms with Crippen molar-refractivity contribution in [1.29, 1.82) is 0 Å². The maximum absolute atomic E-state index is 10.4. The lowest BCUT2D eigenvalue weighted by atomic mass is 10.00. The third kappa shape index (κ3) is 18.0. The van der Waals surface area contributed by atoms with Crippen molar-refractivity contribution in [3.8, 4) is 0 Å². The van der Waals surface area contributed by atoms with Crippen molar-refractivity contribution >= 4 is 21.2 Å². The van der Waals surface area contributed by atoms with E-state index >= 15 is 0 Å². The summed E-state index contributed by atoms with van der Waals surface area (Å²) in [6.07, 6.45) is 3.71. The minimum Gasteiger partial charge on any atom is -0.481 e. The first-order valence-electron chi connectivity index (χ1n) is 7.89. The van der Waals surface area contributed by atoms with Gasteiger partial charge in [-0.25, -0.2) is 0 Å². The largest absolute Gasteiger partial charge is 0.481 e. The summed E-state index contributed by atoms with van der Waals surface area (Å²) in [7, 11) is 0. The Morgan fingerprint density at radius 1 is 1.05 bits per heavy atom. The maximum Gasteiger partial charge on any atom is 0.306 e. The fourth-order valence-electron chi connectivity index (χ4n) is 1.72. The van der Waals surface area contributed by atoms with E-state index in [9.17, 15) is 4.79 Å². The van der Waals surface area contributed by atoms with Crippen molar-refractivity contribution in [2.24, 2.45) is 17.8 Å². The number of unbranched alkanes of at least 4 members (excludes halogenated alkanes) is 1. The summed E-state index contributed by atoms with van der Waals surface area (Å²) in [5.74, 6) is 1.10. The zero-order chi connectivity index (χ0) is 15.3. The number of carboxylic acid groups (broad SMARTS) is 1. The SMILES string of the molecule is CC(C)[CH2][Al][CH2]C(C)C.CCCCC(CC)C(=O)O. The van der Waals surface area contributed by atoms with Gasteiger partial charge in [0.25, 0.3) is 0 Å². The molecule has 0 bridgehead atoms.